The minimum absolute atomic E-state index is 0.00425. The standard InChI is InChI=1S/C34H34N2O6/c1-2-29(25-11-5-3-6-12-25)34(26-13-7-4-8-14-26)27-17-19-28(20-18-27)41-24-23-35-30(37)15-9-10-16-33(40)42-36-31(38)21-22-32(36)39/h3-8,11-14,17-22H,2,9-10,15-16,23-24H2,1H3,(H,35,37)/b34-29+. The Morgan fingerprint density at radius 3 is 1.93 bits per heavy atom. The smallest absolute Gasteiger partial charge is 0.333 e. The Bertz CT molecular complexity index is 1430. The van der Waals surface area contributed by atoms with Crippen LogP contribution < -0.4 is 10.1 Å². The first-order chi connectivity index (χ1) is 20.5. The number of amides is 3. The van der Waals surface area contributed by atoms with Gasteiger partial charge in [-0.05, 0) is 59.2 Å². The van der Waals surface area contributed by atoms with Crippen LogP contribution in [-0.2, 0) is 24.0 Å². The average molecular weight is 567 g/mol. The maximum absolute atomic E-state index is 12.1. The van der Waals surface area contributed by atoms with Crippen molar-refractivity contribution in [2.24, 2.45) is 0 Å². The fourth-order valence-electron chi connectivity index (χ4n) is 4.63. The van der Waals surface area contributed by atoms with Crippen LogP contribution in [0, 0.1) is 0 Å². The first kappa shape index (κ1) is 30.0. The number of ether oxygens (including phenoxy) is 1. The second-order valence-corrected chi connectivity index (χ2v) is 9.64. The van der Waals surface area contributed by atoms with Crippen molar-refractivity contribution in [1.29, 1.82) is 0 Å². The molecule has 1 N–H and O–H groups in total. The van der Waals surface area contributed by atoms with Crippen LogP contribution in [-0.4, -0.2) is 41.9 Å². The molecular weight excluding hydrogens is 532 g/mol. The molecule has 0 aliphatic carbocycles. The first-order valence-corrected chi connectivity index (χ1v) is 14.1. The summed E-state index contributed by atoms with van der Waals surface area (Å²) in [4.78, 5) is 51.5. The van der Waals surface area contributed by atoms with Crippen LogP contribution in [0.4, 0.5) is 0 Å². The molecule has 3 aromatic carbocycles. The van der Waals surface area contributed by atoms with Gasteiger partial charge in [-0.15, -0.1) is 0 Å². The molecule has 1 heterocycles. The number of imide groups is 1. The molecular formula is C34H34N2O6. The van der Waals surface area contributed by atoms with Crippen LogP contribution in [0.3, 0.4) is 0 Å². The van der Waals surface area contributed by atoms with E-state index >= 15 is 0 Å². The summed E-state index contributed by atoms with van der Waals surface area (Å²) in [7, 11) is 0. The Hall–Kier alpha value is -4.98. The molecule has 0 radical (unpaired) electrons. The van der Waals surface area contributed by atoms with E-state index in [2.05, 4.69) is 60.8 Å². The van der Waals surface area contributed by atoms with Crippen molar-refractivity contribution in [2.75, 3.05) is 13.2 Å². The molecule has 3 aromatic rings. The van der Waals surface area contributed by atoms with Crippen molar-refractivity contribution in [3.05, 3.63) is 114 Å². The number of hydrogen-bond acceptors (Lipinski definition) is 6. The molecule has 42 heavy (non-hydrogen) atoms. The van der Waals surface area contributed by atoms with Crippen molar-refractivity contribution in [3.8, 4) is 5.75 Å². The second kappa shape index (κ2) is 15.1. The lowest BCUT2D eigenvalue weighted by atomic mass is 9.88. The quantitative estimate of drug-likeness (QED) is 0.157. The number of allylic oxidation sites excluding steroid dienone is 1. The number of carbonyl (C=O) groups excluding carboxylic acids is 4. The third kappa shape index (κ3) is 8.27. The third-order valence-electron chi connectivity index (χ3n) is 6.67. The zero-order valence-corrected chi connectivity index (χ0v) is 23.6. The minimum atomic E-state index is -0.697. The van der Waals surface area contributed by atoms with Crippen molar-refractivity contribution in [3.63, 3.8) is 0 Å². The molecule has 0 saturated heterocycles. The zero-order chi connectivity index (χ0) is 29.7. The maximum Gasteiger partial charge on any atom is 0.333 e. The van der Waals surface area contributed by atoms with E-state index in [1.165, 1.54) is 16.7 Å². The molecule has 1 aliphatic rings. The van der Waals surface area contributed by atoms with E-state index < -0.39 is 17.8 Å². The highest BCUT2D eigenvalue weighted by molar-refractivity contribution is 6.12. The predicted octanol–water partition coefficient (Wildman–Crippen LogP) is 5.49. The molecule has 3 amide bonds. The molecule has 1 aliphatic heterocycles. The van der Waals surface area contributed by atoms with Crippen molar-refractivity contribution < 1.29 is 28.8 Å². The number of nitrogens with zero attached hydrogens (tertiary/aromatic N) is 1. The van der Waals surface area contributed by atoms with Gasteiger partial charge in [-0.1, -0.05) is 84.8 Å². The zero-order valence-electron chi connectivity index (χ0n) is 23.6. The minimum Gasteiger partial charge on any atom is -0.492 e. The summed E-state index contributed by atoms with van der Waals surface area (Å²) in [5.74, 6) is -1.51. The topological polar surface area (TPSA) is 102 Å². The highest BCUT2D eigenvalue weighted by Gasteiger charge is 2.27. The summed E-state index contributed by atoms with van der Waals surface area (Å²) in [6.07, 6.45) is 4.04. The van der Waals surface area contributed by atoms with Crippen LogP contribution in [0.15, 0.2) is 97.1 Å². The molecule has 216 valence electrons. The second-order valence-electron chi connectivity index (χ2n) is 9.64. The summed E-state index contributed by atoms with van der Waals surface area (Å²) in [6.45, 7) is 2.83. The van der Waals surface area contributed by atoms with Gasteiger partial charge < -0.3 is 14.9 Å². The van der Waals surface area contributed by atoms with Gasteiger partial charge in [0.25, 0.3) is 11.8 Å². The third-order valence-corrected chi connectivity index (χ3v) is 6.67. The highest BCUT2D eigenvalue weighted by Crippen LogP contribution is 2.34. The van der Waals surface area contributed by atoms with Gasteiger partial charge in [0.1, 0.15) is 12.4 Å². The van der Waals surface area contributed by atoms with E-state index in [1.54, 1.807) is 0 Å². The lowest BCUT2D eigenvalue weighted by Gasteiger charge is -2.17. The number of carbonyl (C=O) groups is 4. The van der Waals surface area contributed by atoms with Gasteiger partial charge >= 0.3 is 5.97 Å². The summed E-state index contributed by atoms with van der Waals surface area (Å²) >= 11 is 0. The van der Waals surface area contributed by atoms with Crippen LogP contribution in [0.5, 0.6) is 5.75 Å². The van der Waals surface area contributed by atoms with E-state index in [1.807, 2.05) is 36.4 Å². The number of hydroxylamine groups is 2. The monoisotopic (exact) mass is 566 g/mol. The van der Waals surface area contributed by atoms with E-state index in [4.69, 9.17) is 9.57 Å². The van der Waals surface area contributed by atoms with E-state index in [0.717, 1.165) is 29.7 Å². The van der Waals surface area contributed by atoms with Crippen LogP contribution in [0.25, 0.3) is 11.1 Å². The van der Waals surface area contributed by atoms with Crippen LogP contribution >= 0.6 is 0 Å². The van der Waals surface area contributed by atoms with Crippen molar-refractivity contribution in [2.45, 2.75) is 39.0 Å². The summed E-state index contributed by atoms with van der Waals surface area (Å²) in [6, 6.07) is 28.8. The Kier molecular flexibility index (Phi) is 10.8. The molecule has 8 heteroatoms. The van der Waals surface area contributed by atoms with Crippen molar-refractivity contribution >= 4 is 34.8 Å². The van der Waals surface area contributed by atoms with Crippen molar-refractivity contribution in [1.82, 2.24) is 10.4 Å². The van der Waals surface area contributed by atoms with E-state index in [0.29, 0.717) is 36.8 Å². The summed E-state index contributed by atoms with van der Waals surface area (Å²) in [5, 5.41) is 3.24. The van der Waals surface area contributed by atoms with E-state index in [9.17, 15) is 19.2 Å². The number of rotatable bonds is 14. The molecule has 0 spiro atoms. The van der Waals surface area contributed by atoms with Gasteiger partial charge in [0.2, 0.25) is 5.91 Å². The van der Waals surface area contributed by atoms with Gasteiger partial charge in [-0.3, -0.25) is 14.4 Å². The van der Waals surface area contributed by atoms with Gasteiger partial charge in [0, 0.05) is 25.0 Å². The number of benzene rings is 3. The fraction of sp³-hybridized carbons (Fsp3) is 0.235. The lowest BCUT2D eigenvalue weighted by molar-refractivity contribution is -0.196. The molecule has 0 atom stereocenters. The summed E-state index contributed by atoms with van der Waals surface area (Å²) < 4.78 is 5.85. The molecule has 0 bridgehead atoms. The molecule has 0 unspecified atom stereocenters. The maximum atomic E-state index is 12.1. The molecule has 0 aromatic heterocycles. The predicted molar refractivity (Wildman–Crippen MR) is 160 cm³/mol. The number of hydrogen-bond donors (Lipinski definition) is 1. The Morgan fingerprint density at radius 1 is 0.738 bits per heavy atom. The van der Waals surface area contributed by atoms with Gasteiger partial charge in [0.05, 0.1) is 6.54 Å². The molecule has 4 rings (SSSR count). The molecule has 0 fully saturated rings. The van der Waals surface area contributed by atoms with Crippen LogP contribution in [0.2, 0.25) is 0 Å². The largest absolute Gasteiger partial charge is 0.492 e. The van der Waals surface area contributed by atoms with Gasteiger partial charge in [-0.2, -0.15) is 0 Å². The Morgan fingerprint density at radius 2 is 1.31 bits per heavy atom. The molecule has 0 saturated carbocycles. The van der Waals surface area contributed by atoms with Gasteiger partial charge in [0.15, 0.2) is 0 Å². The van der Waals surface area contributed by atoms with E-state index in [-0.39, 0.29) is 18.7 Å². The lowest BCUT2D eigenvalue weighted by Crippen LogP contribution is -2.32. The fourth-order valence-corrected chi connectivity index (χ4v) is 4.63. The normalized spacial score (nSPS) is 13.1. The number of unbranched alkanes of at least 4 members (excludes halogenated alkanes) is 1. The number of nitrogens with one attached hydrogen (secondary N) is 1. The Balaban J connectivity index is 1.23. The average Bonchev–Trinajstić information content (AvgIpc) is 3.33. The summed E-state index contributed by atoms with van der Waals surface area (Å²) in [5.41, 5.74) is 5.90. The van der Waals surface area contributed by atoms with Gasteiger partial charge in [-0.25, -0.2) is 4.79 Å². The highest BCUT2D eigenvalue weighted by atomic mass is 16.7. The SMILES string of the molecule is CC/C(=C(/c1ccccc1)c1ccc(OCCNC(=O)CCCCC(=O)ON2C(=O)C=CC2=O)cc1)c1ccccc1. The first-order valence-electron chi connectivity index (χ1n) is 14.1. The molecule has 8 nitrogen and oxygen atoms in total. The van der Waals surface area contributed by atoms with Crippen LogP contribution in [0.1, 0.15) is 55.7 Å². The Labute approximate surface area is 245 Å².